The van der Waals surface area contributed by atoms with Gasteiger partial charge in [-0.2, -0.15) is 0 Å². The number of imide groups is 1. The van der Waals surface area contributed by atoms with Crippen LogP contribution in [0.15, 0.2) is 24.3 Å². The van der Waals surface area contributed by atoms with Crippen LogP contribution >= 0.6 is 0 Å². The number of aryl methyl sites for hydroxylation is 1. The average Bonchev–Trinajstić information content (AvgIpc) is 2.28. The number of urea groups is 2. The number of aliphatic hydroxyl groups excluding tert-OH is 1. The molecule has 0 heterocycles. The predicted molar refractivity (Wildman–Crippen MR) is 63.6 cm³/mol. The highest BCUT2D eigenvalue weighted by Crippen LogP contribution is 2.13. The standard InChI is InChI=1S/C11H15N3O3/c1-8-4-2-3-5-9(8)13-11(17)14(6-7-15)10(12)16/h2-5,15H,6-7H2,1H3,(H2,12,16)(H,13,17). The van der Waals surface area contributed by atoms with E-state index < -0.39 is 12.1 Å². The van der Waals surface area contributed by atoms with Gasteiger partial charge in [0, 0.05) is 5.69 Å². The van der Waals surface area contributed by atoms with Crippen LogP contribution in [0.5, 0.6) is 0 Å². The first kappa shape index (κ1) is 13.0. The Morgan fingerprint density at radius 3 is 2.59 bits per heavy atom. The number of nitrogens with zero attached hydrogens (tertiary/aromatic N) is 1. The highest BCUT2D eigenvalue weighted by atomic mass is 16.3. The van der Waals surface area contributed by atoms with Gasteiger partial charge in [0.05, 0.1) is 13.2 Å². The molecule has 0 radical (unpaired) electrons. The van der Waals surface area contributed by atoms with E-state index in [1.165, 1.54) is 0 Å². The smallest absolute Gasteiger partial charge is 0.330 e. The van der Waals surface area contributed by atoms with Gasteiger partial charge < -0.3 is 16.2 Å². The second-order valence-electron chi connectivity index (χ2n) is 3.46. The summed E-state index contributed by atoms with van der Waals surface area (Å²) in [4.78, 5) is 23.4. The minimum atomic E-state index is -0.898. The number of hydrogen-bond acceptors (Lipinski definition) is 3. The number of primary amides is 1. The Bertz CT molecular complexity index is 420. The van der Waals surface area contributed by atoms with Gasteiger partial charge in [0.25, 0.3) is 0 Å². The van der Waals surface area contributed by atoms with E-state index in [9.17, 15) is 9.59 Å². The summed E-state index contributed by atoms with van der Waals surface area (Å²) in [5.74, 6) is 0. The quantitative estimate of drug-likeness (QED) is 0.728. The Balaban J connectivity index is 2.77. The molecule has 1 aromatic carbocycles. The van der Waals surface area contributed by atoms with Crippen LogP contribution < -0.4 is 11.1 Å². The molecule has 0 spiro atoms. The van der Waals surface area contributed by atoms with E-state index >= 15 is 0 Å². The lowest BCUT2D eigenvalue weighted by molar-refractivity contribution is 0.184. The number of benzene rings is 1. The van der Waals surface area contributed by atoms with E-state index in [2.05, 4.69) is 5.32 Å². The van der Waals surface area contributed by atoms with Gasteiger partial charge >= 0.3 is 12.1 Å². The number of anilines is 1. The summed E-state index contributed by atoms with van der Waals surface area (Å²) in [7, 11) is 0. The summed E-state index contributed by atoms with van der Waals surface area (Å²) in [5.41, 5.74) is 6.50. The van der Waals surface area contributed by atoms with Crippen molar-refractivity contribution in [2.45, 2.75) is 6.92 Å². The first-order valence-corrected chi connectivity index (χ1v) is 5.10. The molecule has 0 saturated carbocycles. The van der Waals surface area contributed by atoms with Crippen LogP contribution in [0.25, 0.3) is 0 Å². The summed E-state index contributed by atoms with van der Waals surface area (Å²) in [6.07, 6.45) is 0. The summed E-state index contributed by atoms with van der Waals surface area (Å²) in [5, 5.41) is 11.3. The molecular weight excluding hydrogens is 222 g/mol. The normalized spacial score (nSPS) is 9.76. The molecule has 0 aliphatic rings. The Morgan fingerprint density at radius 1 is 1.41 bits per heavy atom. The summed E-state index contributed by atoms with van der Waals surface area (Å²) >= 11 is 0. The third kappa shape index (κ3) is 3.46. The van der Waals surface area contributed by atoms with Crippen molar-refractivity contribution >= 4 is 17.7 Å². The van der Waals surface area contributed by atoms with Crippen molar-refractivity contribution < 1.29 is 14.7 Å². The number of para-hydroxylation sites is 1. The largest absolute Gasteiger partial charge is 0.395 e. The van der Waals surface area contributed by atoms with Crippen LogP contribution in [0.3, 0.4) is 0 Å². The van der Waals surface area contributed by atoms with Crippen molar-refractivity contribution in [3.8, 4) is 0 Å². The molecule has 0 aliphatic heterocycles. The van der Waals surface area contributed by atoms with Crippen molar-refractivity contribution in [3.63, 3.8) is 0 Å². The third-order valence-corrected chi connectivity index (χ3v) is 2.22. The van der Waals surface area contributed by atoms with Crippen LogP contribution in [-0.2, 0) is 0 Å². The third-order valence-electron chi connectivity index (χ3n) is 2.22. The molecule has 92 valence electrons. The van der Waals surface area contributed by atoms with E-state index in [1.54, 1.807) is 12.1 Å². The second kappa shape index (κ2) is 5.86. The Morgan fingerprint density at radius 2 is 2.06 bits per heavy atom. The Hall–Kier alpha value is -2.08. The molecule has 0 atom stereocenters. The maximum Gasteiger partial charge on any atom is 0.330 e. The van der Waals surface area contributed by atoms with Gasteiger partial charge in [0.15, 0.2) is 0 Å². The van der Waals surface area contributed by atoms with Gasteiger partial charge in [-0.3, -0.25) is 0 Å². The van der Waals surface area contributed by atoms with Crippen LogP contribution in [0.1, 0.15) is 5.56 Å². The van der Waals surface area contributed by atoms with E-state index in [-0.39, 0.29) is 13.2 Å². The molecule has 0 fully saturated rings. The number of carbonyl (C=O) groups excluding carboxylic acids is 2. The van der Waals surface area contributed by atoms with Crippen LogP contribution in [0, 0.1) is 6.92 Å². The molecule has 0 saturated heterocycles. The maximum atomic E-state index is 11.7. The number of hydrogen-bond donors (Lipinski definition) is 3. The zero-order valence-electron chi connectivity index (χ0n) is 9.51. The van der Waals surface area contributed by atoms with Gasteiger partial charge in [0.2, 0.25) is 0 Å². The molecule has 0 unspecified atom stereocenters. The van der Waals surface area contributed by atoms with E-state index in [0.29, 0.717) is 5.69 Å². The van der Waals surface area contributed by atoms with Gasteiger partial charge in [-0.1, -0.05) is 18.2 Å². The first-order chi connectivity index (χ1) is 8.06. The molecule has 1 rings (SSSR count). The van der Waals surface area contributed by atoms with Crippen molar-refractivity contribution in [2.75, 3.05) is 18.5 Å². The molecule has 0 aromatic heterocycles. The summed E-state index contributed by atoms with van der Waals surface area (Å²) in [6, 6.07) is 5.60. The van der Waals surface area contributed by atoms with Crippen LogP contribution in [0.2, 0.25) is 0 Å². The molecule has 17 heavy (non-hydrogen) atoms. The first-order valence-electron chi connectivity index (χ1n) is 5.10. The number of carbonyl (C=O) groups is 2. The topological polar surface area (TPSA) is 95.7 Å². The maximum absolute atomic E-state index is 11.7. The van der Waals surface area contributed by atoms with Crippen LogP contribution in [-0.4, -0.2) is 35.2 Å². The Kier molecular flexibility index (Phi) is 4.47. The second-order valence-corrected chi connectivity index (χ2v) is 3.46. The minimum absolute atomic E-state index is 0.132. The fraction of sp³-hybridized carbons (Fsp3) is 0.273. The molecule has 6 heteroatoms. The predicted octanol–water partition coefficient (Wildman–Crippen LogP) is 0.900. The molecule has 4 N–H and O–H groups in total. The van der Waals surface area contributed by atoms with E-state index in [0.717, 1.165) is 10.5 Å². The monoisotopic (exact) mass is 237 g/mol. The highest BCUT2D eigenvalue weighted by molar-refractivity contribution is 6.00. The van der Waals surface area contributed by atoms with Crippen molar-refractivity contribution in [1.82, 2.24) is 4.90 Å². The van der Waals surface area contributed by atoms with E-state index in [1.807, 2.05) is 19.1 Å². The lowest BCUT2D eigenvalue weighted by atomic mass is 10.2. The molecule has 6 nitrogen and oxygen atoms in total. The number of nitrogens with two attached hydrogens (primary N) is 1. The fourth-order valence-electron chi connectivity index (χ4n) is 1.31. The highest BCUT2D eigenvalue weighted by Gasteiger charge is 2.18. The number of aliphatic hydroxyl groups is 1. The van der Waals surface area contributed by atoms with Gasteiger partial charge in [-0.05, 0) is 18.6 Å². The molecule has 0 bridgehead atoms. The number of rotatable bonds is 3. The molecular formula is C11H15N3O3. The zero-order valence-corrected chi connectivity index (χ0v) is 9.51. The molecule has 1 aromatic rings. The SMILES string of the molecule is Cc1ccccc1NC(=O)N(CCO)C(N)=O. The molecule has 0 aliphatic carbocycles. The van der Waals surface area contributed by atoms with Gasteiger partial charge in [0.1, 0.15) is 0 Å². The van der Waals surface area contributed by atoms with Crippen molar-refractivity contribution in [2.24, 2.45) is 5.73 Å². The minimum Gasteiger partial charge on any atom is -0.395 e. The Labute approximate surface area is 99.0 Å². The zero-order chi connectivity index (χ0) is 12.8. The summed E-state index contributed by atoms with van der Waals surface area (Å²) < 4.78 is 0. The number of nitrogens with one attached hydrogen (secondary N) is 1. The average molecular weight is 237 g/mol. The van der Waals surface area contributed by atoms with Crippen LogP contribution in [0.4, 0.5) is 15.3 Å². The lowest BCUT2D eigenvalue weighted by Crippen LogP contribution is -2.44. The number of amides is 4. The van der Waals surface area contributed by atoms with Crippen molar-refractivity contribution in [1.29, 1.82) is 0 Å². The summed E-state index contributed by atoms with van der Waals surface area (Å²) in [6.45, 7) is 1.37. The van der Waals surface area contributed by atoms with E-state index in [4.69, 9.17) is 10.8 Å². The lowest BCUT2D eigenvalue weighted by Gasteiger charge is -2.18. The fourth-order valence-corrected chi connectivity index (χ4v) is 1.31. The van der Waals surface area contributed by atoms with Gasteiger partial charge in [-0.25, -0.2) is 14.5 Å². The van der Waals surface area contributed by atoms with Gasteiger partial charge in [-0.15, -0.1) is 0 Å². The van der Waals surface area contributed by atoms with Crippen molar-refractivity contribution in [3.05, 3.63) is 29.8 Å². The molecule has 4 amide bonds.